The fourth-order valence-corrected chi connectivity index (χ4v) is 2.18. The number of hydrogen-bond donors (Lipinski definition) is 1. The molecule has 1 rings (SSSR count). The minimum Gasteiger partial charge on any atom is -0.385 e. The van der Waals surface area contributed by atoms with Crippen LogP contribution < -0.4 is 5.32 Å². The molecule has 0 amide bonds. The molecular weight excluding hydrogens is 250 g/mol. The predicted molar refractivity (Wildman–Crippen MR) is 71.4 cm³/mol. The van der Waals surface area contributed by atoms with Gasteiger partial charge in [0.05, 0.1) is 0 Å². The zero-order valence-electron chi connectivity index (χ0n) is 9.81. The van der Waals surface area contributed by atoms with Gasteiger partial charge in [0.2, 0.25) is 0 Å². The van der Waals surface area contributed by atoms with E-state index in [-0.39, 0.29) is 0 Å². The highest BCUT2D eigenvalue weighted by atomic mass is 79.9. The molecule has 1 unspecified atom stereocenters. The number of halogens is 1. The van der Waals surface area contributed by atoms with E-state index in [0.29, 0.717) is 0 Å². The molecule has 0 bridgehead atoms. The second-order valence-electron chi connectivity index (χ2n) is 4.23. The molecule has 1 aromatic carbocycles. The minimum atomic E-state index is 0.748. The van der Waals surface area contributed by atoms with Gasteiger partial charge in [0.1, 0.15) is 0 Å². The lowest BCUT2D eigenvalue weighted by atomic mass is 10.1. The zero-order valence-corrected chi connectivity index (χ0v) is 11.4. The molecule has 0 saturated heterocycles. The second-order valence-corrected chi connectivity index (χ2v) is 5.15. The van der Waals surface area contributed by atoms with Gasteiger partial charge in [-0.25, -0.2) is 0 Å². The van der Waals surface area contributed by atoms with E-state index >= 15 is 0 Å². The van der Waals surface area contributed by atoms with Gasteiger partial charge in [0.15, 0.2) is 0 Å². The lowest BCUT2D eigenvalue weighted by Gasteiger charge is -2.14. The molecule has 0 aliphatic heterocycles. The molecule has 0 heterocycles. The lowest BCUT2D eigenvalue weighted by molar-refractivity contribution is 0.550. The van der Waals surface area contributed by atoms with Gasteiger partial charge in [-0.2, -0.15) is 0 Å². The largest absolute Gasteiger partial charge is 0.385 e. The molecule has 0 fully saturated rings. The van der Waals surface area contributed by atoms with Crippen molar-refractivity contribution in [1.82, 2.24) is 0 Å². The van der Waals surface area contributed by atoms with Gasteiger partial charge in [0.25, 0.3) is 0 Å². The average molecular weight is 270 g/mol. The van der Waals surface area contributed by atoms with Crippen LogP contribution in [0.15, 0.2) is 22.7 Å². The lowest BCUT2D eigenvalue weighted by Crippen LogP contribution is -2.11. The maximum atomic E-state index is 3.50. The Morgan fingerprint density at radius 2 is 2.13 bits per heavy atom. The third-order valence-corrected chi connectivity index (χ3v) is 3.10. The van der Waals surface area contributed by atoms with Crippen LogP contribution in [-0.4, -0.2) is 6.54 Å². The summed E-state index contributed by atoms with van der Waals surface area (Å²) in [7, 11) is 0. The third-order valence-electron chi connectivity index (χ3n) is 2.61. The first kappa shape index (κ1) is 12.6. The maximum absolute atomic E-state index is 3.50. The number of nitrogens with one attached hydrogen (secondary N) is 1. The zero-order chi connectivity index (χ0) is 11.3. The molecule has 0 aromatic heterocycles. The Hall–Kier alpha value is -0.500. The van der Waals surface area contributed by atoms with Crippen molar-refractivity contribution in [3.8, 4) is 0 Å². The highest BCUT2D eigenvalue weighted by Crippen LogP contribution is 2.20. The summed E-state index contributed by atoms with van der Waals surface area (Å²) in [5, 5.41) is 3.50. The van der Waals surface area contributed by atoms with Crippen molar-refractivity contribution in [1.29, 1.82) is 0 Å². The first-order chi connectivity index (χ1) is 7.13. The van der Waals surface area contributed by atoms with Crippen LogP contribution in [0.1, 0.15) is 32.3 Å². The molecule has 15 heavy (non-hydrogen) atoms. The van der Waals surface area contributed by atoms with Crippen LogP contribution in [-0.2, 0) is 0 Å². The Morgan fingerprint density at radius 1 is 1.40 bits per heavy atom. The van der Waals surface area contributed by atoms with Gasteiger partial charge < -0.3 is 5.32 Å². The van der Waals surface area contributed by atoms with Crippen molar-refractivity contribution in [2.24, 2.45) is 5.92 Å². The molecule has 0 radical (unpaired) electrons. The molecule has 84 valence electrons. The van der Waals surface area contributed by atoms with Crippen LogP contribution >= 0.6 is 15.9 Å². The van der Waals surface area contributed by atoms with Crippen LogP contribution in [0.4, 0.5) is 5.69 Å². The Morgan fingerprint density at radius 3 is 2.73 bits per heavy atom. The monoisotopic (exact) mass is 269 g/mol. The Balaban J connectivity index is 2.50. The van der Waals surface area contributed by atoms with Gasteiger partial charge in [-0.1, -0.05) is 36.2 Å². The number of anilines is 1. The van der Waals surface area contributed by atoms with Crippen molar-refractivity contribution in [2.45, 2.75) is 33.6 Å². The summed E-state index contributed by atoms with van der Waals surface area (Å²) in [4.78, 5) is 0. The topological polar surface area (TPSA) is 12.0 Å². The summed E-state index contributed by atoms with van der Waals surface area (Å²) in [6.07, 6.45) is 2.56. The standard InChI is InChI=1S/C13H20BrN/c1-4-5-10(2)9-15-13-7-6-12(14)8-11(13)3/h6-8,10,15H,4-5,9H2,1-3H3. The van der Waals surface area contributed by atoms with Crippen molar-refractivity contribution >= 4 is 21.6 Å². The van der Waals surface area contributed by atoms with Gasteiger partial charge >= 0.3 is 0 Å². The summed E-state index contributed by atoms with van der Waals surface area (Å²) < 4.78 is 1.15. The fraction of sp³-hybridized carbons (Fsp3) is 0.538. The van der Waals surface area contributed by atoms with E-state index in [4.69, 9.17) is 0 Å². The quantitative estimate of drug-likeness (QED) is 0.824. The smallest absolute Gasteiger partial charge is 0.0370 e. The van der Waals surface area contributed by atoms with Gasteiger partial charge in [-0.3, -0.25) is 0 Å². The molecule has 1 N–H and O–H groups in total. The van der Waals surface area contributed by atoms with E-state index in [1.165, 1.54) is 24.1 Å². The SMILES string of the molecule is CCCC(C)CNc1ccc(Br)cc1C. The van der Waals surface area contributed by atoms with Crippen molar-refractivity contribution in [2.75, 3.05) is 11.9 Å². The van der Waals surface area contributed by atoms with Crippen molar-refractivity contribution in [3.63, 3.8) is 0 Å². The van der Waals surface area contributed by atoms with Crippen LogP contribution in [0.3, 0.4) is 0 Å². The number of aryl methyl sites for hydroxylation is 1. The van der Waals surface area contributed by atoms with E-state index in [1.54, 1.807) is 0 Å². The third kappa shape index (κ3) is 4.25. The van der Waals surface area contributed by atoms with Gasteiger partial charge in [0, 0.05) is 16.7 Å². The molecule has 1 nitrogen and oxygen atoms in total. The fourth-order valence-electron chi connectivity index (χ4n) is 1.70. The van der Waals surface area contributed by atoms with E-state index in [9.17, 15) is 0 Å². The first-order valence-corrected chi connectivity index (χ1v) is 6.42. The minimum absolute atomic E-state index is 0.748. The molecule has 0 saturated carbocycles. The molecule has 0 spiro atoms. The summed E-state index contributed by atoms with van der Waals surface area (Å²) in [6, 6.07) is 6.37. The molecule has 1 aromatic rings. The summed E-state index contributed by atoms with van der Waals surface area (Å²) in [5.41, 5.74) is 2.55. The molecule has 0 aliphatic rings. The molecule has 0 aliphatic carbocycles. The average Bonchev–Trinajstić information content (AvgIpc) is 2.17. The first-order valence-electron chi connectivity index (χ1n) is 5.63. The Bertz CT molecular complexity index is 309. The number of hydrogen-bond acceptors (Lipinski definition) is 1. The summed E-state index contributed by atoms with van der Waals surface area (Å²) in [5.74, 6) is 0.748. The van der Waals surface area contributed by atoms with E-state index in [1.807, 2.05) is 0 Å². The summed E-state index contributed by atoms with van der Waals surface area (Å²) in [6.45, 7) is 7.74. The Kier molecular flexibility index (Phi) is 5.16. The highest BCUT2D eigenvalue weighted by molar-refractivity contribution is 9.10. The maximum Gasteiger partial charge on any atom is 0.0370 e. The normalized spacial score (nSPS) is 12.5. The molecular formula is C13H20BrN. The van der Waals surface area contributed by atoms with E-state index in [2.05, 4.69) is 60.2 Å². The van der Waals surface area contributed by atoms with Crippen LogP contribution in [0, 0.1) is 12.8 Å². The second kappa shape index (κ2) is 6.16. The predicted octanol–water partition coefficient (Wildman–Crippen LogP) is 4.61. The van der Waals surface area contributed by atoms with Crippen LogP contribution in [0.2, 0.25) is 0 Å². The molecule has 2 heteroatoms. The van der Waals surface area contributed by atoms with Crippen LogP contribution in [0.5, 0.6) is 0 Å². The molecule has 1 atom stereocenters. The van der Waals surface area contributed by atoms with Gasteiger partial charge in [-0.15, -0.1) is 0 Å². The number of benzene rings is 1. The van der Waals surface area contributed by atoms with Crippen LogP contribution in [0.25, 0.3) is 0 Å². The van der Waals surface area contributed by atoms with Crippen molar-refractivity contribution in [3.05, 3.63) is 28.2 Å². The summed E-state index contributed by atoms with van der Waals surface area (Å²) >= 11 is 3.47. The Labute approximate surface area is 101 Å². The van der Waals surface area contributed by atoms with E-state index < -0.39 is 0 Å². The van der Waals surface area contributed by atoms with Gasteiger partial charge in [-0.05, 0) is 43.0 Å². The number of rotatable bonds is 5. The van der Waals surface area contributed by atoms with E-state index in [0.717, 1.165) is 16.9 Å². The van der Waals surface area contributed by atoms with Crippen molar-refractivity contribution < 1.29 is 0 Å². The highest BCUT2D eigenvalue weighted by Gasteiger charge is 2.02.